The van der Waals surface area contributed by atoms with Crippen molar-refractivity contribution in [2.75, 3.05) is 18.9 Å². The van der Waals surface area contributed by atoms with Gasteiger partial charge in [-0.05, 0) is 39.2 Å². The van der Waals surface area contributed by atoms with Gasteiger partial charge in [0.25, 0.3) is 0 Å². The largest absolute Gasteiger partial charge is 0.377 e. The number of hydrogen-bond acceptors (Lipinski definition) is 4. The van der Waals surface area contributed by atoms with Crippen molar-refractivity contribution < 1.29 is 13.2 Å². The first kappa shape index (κ1) is 14.3. The van der Waals surface area contributed by atoms with E-state index in [1.54, 1.807) is 0 Å². The first-order valence-corrected chi connectivity index (χ1v) is 8.88. The molecule has 0 aromatic carbocycles. The third-order valence-corrected chi connectivity index (χ3v) is 6.56. The van der Waals surface area contributed by atoms with Gasteiger partial charge >= 0.3 is 0 Å². The van der Waals surface area contributed by atoms with E-state index < -0.39 is 9.84 Å². The predicted octanol–water partition coefficient (Wildman–Crippen LogP) is 1.50. The molecule has 1 saturated carbocycles. The molecule has 1 saturated heterocycles. The van der Waals surface area contributed by atoms with E-state index in [-0.39, 0.29) is 11.4 Å². The van der Waals surface area contributed by atoms with Gasteiger partial charge in [-0.1, -0.05) is 12.8 Å². The highest BCUT2D eigenvalue weighted by Gasteiger charge is 2.35. The van der Waals surface area contributed by atoms with E-state index in [2.05, 4.69) is 5.32 Å². The molecule has 18 heavy (non-hydrogen) atoms. The Kier molecular flexibility index (Phi) is 5.04. The molecule has 0 radical (unpaired) electrons. The van der Waals surface area contributed by atoms with Gasteiger partial charge in [-0.3, -0.25) is 0 Å². The fourth-order valence-electron chi connectivity index (χ4n) is 3.04. The Labute approximate surface area is 110 Å². The van der Waals surface area contributed by atoms with E-state index in [9.17, 15) is 8.42 Å². The third-order valence-electron chi connectivity index (χ3n) is 4.16. The number of hydrogen-bond donors (Lipinski definition) is 1. The normalized spacial score (nSPS) is 30.1. The lowest BCUT2D eigenvalue weighted by Crippen LogP contribution is -2.32. The van der Waals surface area contributed by atoms with Crippen LogP contribution in [0.1, 0.15) is 45.4 Å². The minimum atomic E-state index is -2.97. The fraction of sp³-hybridized carbons (Fsp3) is 1.00. The second-order valence-electron chi connectivity index (χ2n) is 5.56. The summed E-state index contributed by atoms with van der Waals surface area (Å²) in [7, 11) is -2.97. The zero-order valence-electron chi connectivity index (χ0n) is 11.2. The van der Waals surface area contributed by atoms with E-state index in [0.717, 1.165) is 13.0 Å². The molecular weight excluding hydrogens is 250 g/mol. The summed E-state index contributed by atoms with van der Waals surface area (Å²) in [5.74, 6) is 0.297. The van der Waals surface area contributed by atoms with Gasteiger partial charge in [0.2, 0.25) is 0 Å². The molecule has 4 nitrogen and oxygen atoms in total. The Morgan fingerprint density at radius 1 is 1.22 bits per heavy atom. The lowest BCUT2D eigenvalue weighted by atomic mass is 10.2. The quantitative estimate of drug-likeness (QED) is 0.746. The van der Waals surface area contributed by atoms with E-state index >= 15 is 0 Å². The molecule has 2 atom stereocenters. The van der Waals surface area contributed by atoms with Gasteiger partial charge in [0, 0.05) is 12.6 Å². The van der Waals surface area contributed by atoms with Crippen molar-refractivity contribution in [1.29, 1.82) is 0 Å². The molecule has 1 aliphatic carbocycles. The molecule has 0 spiro atoms. The summed E-state index contributed by atoms with van der Waals surface area (Å²) in [6.45, 7) is 3.28. The van der Waals surface area contributed by atoms with Crippen LogP contribution in [0.2, 0.25) is 0 Å². The van der Waals surface area contributed by atoms with Gasteiger partial charge < -0.3 is 10.1 Å². The standard InChI is InChI=1S/C13H25NO3S/c1-11-13(7-9-17-11)18(15,16)10-4-8-14-12-5-2-3-6-12/h11-14H,2-10H2,1H3. The number of rotatable bonds is 6. The zero-order valence-corrected chi connectivity index (χ0v) is 12.0. The fourth-order valence-corrected chi connectivity index (χ4v) is 5.01. The van der Waals surface area contributed by atoms with Gasteiger partial charge in [0.15, 0.2) is 9.84 Å². The number of sulfone groups is 1. The average Bonchev–Trinajstić information content (AvgIpc) is 2.95. The summed E-state index contributed by atoms with van der Waals surface area (Å²) < 4.78 is 29.6. The van der Waals surface area contributed by atoms with E-state index in [1.807, 2.05) is 6.92 Å². The minimum absolute atomic E-state index is 0.127. The van der Waals surface area contributed by atoms with Crippen molar-refractivity contribution in [1.82, 2.24) is 5.32 Å². The molecule has 1 aliphatic heterocycles. The molecule has 5 heteroatoms. The second-order valence-corrected chi connectivity index (χ2v) is 7.90. The van der Waals surface area contributed by atoms with Gasteiger partial charge in [0.05, 0.1) is 17.1 Å². The molecule has 0 aromatic rings. The maximum atomic E-state index is 12.1. The first-order valence-electron chi connectivity index (χ1n) is 7.16. The predicted molar refractivity (Wildman–Crippen MR) is 72.5 cm³/mol. The van der Waals surface area contributed by atoms with Crippen LogP contribution >= 0.6 is 0 Å². The molecule has 2 unspecified atom stereocenters. The summed E-state index contributed by atoms with van der Waals surface area (Å²) in [6.07, 6.45) is 6.39. The SMILES string of the molecule is CC1OCCC1S(=O)(=O)CCCNC1CCCC1. The van der Waals surface area contributed by atoms with Crippen LogP contribution < -0.4 is 5.32 Å². The van der Waals surface area contributed by atoms with Gasteiger partial charge in [-0.2, -0.15) is 0 Å². The minimum Gasteiger partial charge on any atom is -0.377 e. The summed E-state index contributed by atoms with van der Waals surface area (Å²) in [6, 6.07) is 0.626. The van der Waals surface area contributed by atoms with E-state index in [4.69, 9.17) is 4.74 Å². The molecular formula is C13H25NO3S. The monoisotopic (exact) mass is 275 g/mol. The molecule has 2 aliphatic rings. The van der Waals surface area contributed by atoms with Crippen LogP contribution in [0.3, 0.4) is 0 Å². The van der Waals surface area contributed by atoms with Crippen molar-refractivity contribution in [3.63, 3.8) is 0 Å². The van der Waals surface area contributed by atoms with Crippen LogP contribution in [0.15, 0.2) is 0 Å². The van der Waals surface area contributed by atoms with E-state index in [1.165, 1.54) is 25.7 Å². The van der Waals surface area contributed by atoms with Crippen LogP contribution in [0.4, 0.5) is 0 Å². The highest BCUT2D eigenvalue weighted by molar-refractivity contribution is 7.92. The van der Waals surface area contributed by atoms with Crippen LogP contribution in [-0.4, -0.2) is 44.7 Å². The van der Waals surface area contributed by atoms with Crippen molar-refractivity contribution in [2.45, 2.75) is 62.8 Å². The van der Waals surface area contributed by atoms with Crippen molar-refractivity contribution in [3.05, 3.63) is 0 Å². The Bertz CT molecular complexity index is 349. The molecule has 0 bridgehead atoms. The molecule has 1 N–H and O–H groups in total. The molecule has 2 rings (SSSR count). The lowest BCUT2D eigenvalue weighted by Gasteiger charge is -2.16. The van der Waals surface area contributed by atoms with Gasteiger partial charge in [-0.25, -0.2) is 8.42 Å². The van der Waals surface area contributed by atoms with Crippen LogP contribution in [0.25, 0.3) is 0 Å². The molecule has 0 amide bonds. The van der Waals surface area contributed by atoms with E-state index in [0.29, 0.717) is 24.8 Å². The van der Waals surface area contributed by atoms with Crippen molar-refractivity contribution in [2.24, 2.45) is 0 Å². The summed E-state index contributed by atoms with van der Waals surface area (Å²) >= 11 is 0. The van der Waals surface area contributed by atoms with Gasteiger partial charge in [0.1, 0.15) is 0 Å². The maximum absolute atomic E-state index is 12.1. The molecule has 0 aromatic heterocycles. The third kappa shape index (κ3) is 3.68. The second kappa shape index (κ2) is 6.35. The highest BCUT2D eigenvalue weighted by atomic mass is 32.2. The Morgan fingerprint density at radius 3 is 2.56 bits per heavy atom. The molecule has 1 heterocycles. The smallest absolute Gasteiger partial charge is 0.155 e. The molecule has 106 valence electrons. The summed E-state index contributed by atoms with van der Waals surface area (Å²) in [5, 5.41) is 3.19. The Morgan fingerprint density at radius 2 is 1.94 bits per heavy atom. The van der Waals surface area contributed by atoms with Crippen LogP contribution in [-0.2, 0) is 14.6 Å². The Balaban J connectivity index is 1.68. The maximum Gasteiger partial charge on any atom is 0.155 e. The summed E-state index contributed by atoms with van der Waals surface area (Å²) in [4.78, 5) is 0. The first-order chi connectivity index (χ1) is 8.59. The van der Waals surface area contributed by atoms with Crippen molar-refractivity contribution in [3.8, 4) is 0 Å². The zero-order chi connectivity index (χ0) is 13.0. The van der Waals surface area contributed by atoms with Gasteiger partial charge in [-0.15, -0.1) is 0 Å². The Hall–Kier alpha value is -0.130. The number of ether oxygens (including phenoxy) is 1. The number of nitrogens with one attached hydrogen (secondary N) is 1. The van der Waals surface area contributed by atoms with Crippen LogP contribution in [0, 0.1) is 0 Å². The lowest BCUT2D eigenvalue weighted by molar-refractivity contribution is 0.126. The molecule has 2 fully saturated rings. The highest BCUT2D eigenvalue weighted by Crippen LogP contribution is 2.22. The summed E-state index contributed by atoms with van der Waals surface area (Å²) in [5.41, 5.74) is 0. The topological polar surface area (TPSA) is 55.4 Å². The van der Waals surface area contributed by atoms with Crippen molar-refractivity contribution >= 4 is 9.84 Å². The van der Waals surface area contributed by atoms with Crippen LogP contribution in [0.5, 0.6) is 0 Å². The average molecular weight is 275 g/mol.